The lowest BCUT2D eigenvalue weighted by Gasteiger charge is -2.24. The van der Waals surface area contributed by atoms with E-state index in [-0.39, 0.29) is 32.0 Å². The van der Waals surface area contributed by atoms with E-state index in [9.17, 15) is 19.2 Å². The first-order chi connectivity index (χ1) is 23.1. The normalized spacial score (nSPS) is 22.5. The van der Waals surface area contributed by atoms with E-state index in [4.69, 9.17) is 28.4 Å². The topological polar surface area (TPSA) is 148 Å². The number of hydrogen-bond donors (Lipinski definition) is 2. The van der Waals surface area contributed by atoms with E-state index in [1.165, 1.54) is 7.11 Å². The Balaban J connectivity index is 1.09. The fraction of sp³-hybridized carbons (Fsp3) is 0.389. The van der Waals surface area contributed by atoms with Crippen molar-refractivity contribution in [2.45, 2.75) is 75.6 Å². The molecule has 12 nitrogen and oxygen atoms in total. The maximum absolute atomic E-state index is 13.2. The Morgan fingerprint density at radius 1 is 0.833 bits per heavy atom. The minimum Gasteiger partial charge on any atom is -0.467 e. The second kappa shape index (κ2) is 14.1. The fourth-order valence-electron chi connectivity index (χ4n) is 6.39. The maximum Gasteiger partial charge on any atom is 0.407 e. The predicted molar refractivity (Wildman–Crippen MR) is 170 cm³/mol. The monoisotopic (exact) mass is 658 g/mol. The number of amides is 2. The maximum atomic E-state index is 13.2. The van der Waals surface area contributed by atoms with Gasteiger partial charge < -0.3 is 39.1 Å². The van der Waals surface area contributed by atoms with E-state index in [1.807, 2.05) is 66.7 Å². The molecule has 252 valence electrons. The first-order valence-corrected chi connectivity index (χ1v) is 15.8. The van der Waals surface area contributed by atoms with Crippen molar-refractivity contribution < 1.29 is 47.6 Å². The van der Waals surface area contributed by atoms with Crippen LogP contribution in [0.25, 0.3) is 11.1 Å². The number of fused-ring (bicyclic) bond motifs is 4. The van der Waals surface area contributed by atoms with Crippen LogP contribution in [-0.4, -0.2) is 74.0 Å². The highest BCUT2D eigenvalue weighted by Crippen LogP contribution is 2.44. The van der Waals surface area contributed by atoms with E-state index in [1.54, 1.807) is 26.0 Å². The molecule has 12 heteroatoms. The van der Waals surface area contributed by atoms with Crippen LogP contribution in [0.5, 0.6) is 0 Å². The second-order valence-electron chi connectivity index (χ2n) is 12.3. The average Bonchev–Trinajstić information content (AvgIpc) is 3.70. The van der Waals surface area contributed by atoms with Crippen molar-refractivity contribution in [3.05, 3.63) is 95.6 Å². The fourth-order valence-corrected chi connectivity index (χ4v) is 6.39. The van der Waals surface area contributed by atoms with Gasteiger partial charge in [0.15, 0.2) is 18.1 Å². The standard InChI is InChI=1S/C36H38N2O10/c1-36(2)47-29-30(48-36)32(46-31(29)34(41)43-3)38-28(39)18-17-27(33(40)44-19-21-11-5-4-6-12-21)37-35(42)45-20-26-24-15-9-7-13-22(24)23-14-8-10-16-25(23)26/h4-16,26-27,29-32H,17-20H2,1-3H3,(H,37,42)(H,38,39)/t27-,29-,30?,31-,32+/m0/s1. The Hall–Kier alpha value is -4.78. The highest BCUT2D eigenvalue weighted by atomic mass is 16.8. The van der Waals surface area contributed by atoms with Gasteiger partial charge in [-0.05, 0) is 48.1 Å². The number of carbonyl (C=O) groups excluding carboxylic acids is 4. The SMILES string of the molecule is COC(=O)[C@H]1O[C@@H](NC(=O)CC[C@H](NC(=O)OCC2c3ccccc3-c3ccccc32)C(=O)OCc2ccccc2)C2OC(C)(C)O[C@@H]21. The zero-order valence-electron chi connectivity index (χ0n) is 26.9. The second-order valence-corrected chi connectivity index (χ2v) is 12.3. The number of alkyl carbamates (subject to hydrolysis) is 1. The van der Waals surface area contributed by atoms with E-state index < -0.39 is 60.3 Å². The number of carbonyl (C=O) groups is 4. The molecule has 0 radical (unpaired) electrons. The molecule has 2 amide bonds. The molecule has 0 saturated carbocycles. The molecule has 2 N–H and O–H groups in total. The van der Waals surface area contributed by atoms with Crippen LogP contribution in [0.2, 0.25) is 0 Å². The third kappa shape index (κ3) is 7.20. The summed E-state index contributed by atoms with van der Waals surface area (Å²) < 4.78 is 33.5. The van der Waals surface area contributed by atoms with Crippen molar-refractivity contribution in [1.82, 2.24) is 10.6 Å². The molecule has 3 aliphatic rings. The summed E-state index contributed by atoms with van der Waals surface area (Å²) in [6.45, 7) is 3.42. The highest BCUT2D eigenvalue weighted by molar-refractivity contribution is 5.83. The summed E-state index contributed by atoms with van der Waals surface area (Å²) in [4.78, 5) is 51.8. The summed E-state index contributed by atoms with van der Waals surface area (Å²) in [7, 11) is 1.23. The van der Waals surface area contributed by atoms with Gasteiger partial charge in [-0.2, -0.15) is 0 Å². The Morgan fingerprint density at radius 2 is 1.46 bits per heavy atom. The Labute approximate surface area is 278 Å². The lowest BCUT2D eigenvalue weighted by molar-refractivity contribution is -0.198. The van der Waals surface area contributed by atoms with Crippen LogP contribution in [0.4, 0.5) is 4.79 Å². The molecule has 1 unspecified atom stereocenters. The molecule has 0 spiro atoms. The van der Waals surface area contributed by atoms with Gasteiger partial charge in [-0.25, -0.2) is 14.4 Å². The molecule has 2 saturated heterocycles. The van der Waals surface area contributed by atoms with E-state index in [0.29, 0.717) is 0 Å². The first kappa shape index (κ1) is 33.1. The van der Waals surface area contributed by atoms with Crippen LogP contribution >= 0.6 is 0 Å². The Kier molecular flexibility index (Phi) is 9.76. The van der Waals surface area contributed by atoms with Crippen molar-refractivity contribution in [3.63, 3.8) is 0 Å². The van der Waals surface area contributed by atoms with Gasteiger partial charge in [0.1, 0.15) is 31.5 Å². The van der Waals surface area contributed by atoms with Gasteiger partial charge in [-0.1, -0.05) is 78.9 Å². The molecule has 6 rings (SSSR count). The molecule has 0 bridgehead atoms. The van der Waals surface area contributed by atoms with Crippen LogP contribution in [0, 0.1) is 0 Å². The van der Waals surface area contributed by atoms with Gasteiger partial charge >= 0.3 is 18.0 Å². The van der Waals surface area contributed by atoms with Crippen LogP contribution < -0.4 is 10.6 Å². The summed E-state index contributed by atoms with van der Waals surface area (Å²) in [5.74, 6) is -3.07. The molecular formula is C36H38N2O10. The number of benzene rings is 3. The molecule has 0 aromatic heterocycles. The largest absolute Gasteiger partial charge is 0.467 e. The van der Waals surface area contributed by atoms with Gasteiger partial charge in [0.05, 0.1) is 7.11 Å². The summed E-state index contributed by atoms with van der Waals surface area (Å²) in [5.41, 5.74) is 5.03. The molecular weight excluding hydrogens is 620 g/mol. The van der Waals surface area contributed by atoms with E-state index in [2.05, 4.69) is 10.6 Å². The average molecular weight is 659 g/mol. The quantitative estimate of drug-likeness (QED) is 0.229. The van der Waals surface area contributed by atoms with Crippen molar-refractivity contribution in [2.75, 3.05) is 13.7 Å². The summed E-state index contributed by atoms with van der Waals surface area (Å²) in [5, 5.41) is 5.31. The summed E-state index contributed by atoms with van der Waals surface area (Å²) >= 11 is 0. The molecule has 5 atom stereocenters. The van der Waals surface area contributed by atoms with Gasteiger partial charge in [0, 0.05) is 12.3 Å². The number of nitrogens with one attached hydrogen (secondary N) is 2. The minimum atomic E-state index is -1.19. The Morgan fingerprint density at radius 3 is 2.12 bits per heavy atom. The van der Waals surface area contributed by atoms with Crippen LogP contribution in [0.15, 0.2) is 78.9 Å². The van der Waals surface area contributed by atoms with E-state index >= 15 is 0 Å². The first-order valence-electron chi connectivity index (χ1n) is 15.8. The number of rotatable bonds is 11. The minimum absolute atomic E-state index is 0.0181. The zero-order chi connectivity index (χ0) is 33.8. The van der Waals surface area contributed by atoms with Crippen molar-refractivity contribution in [3.8, 4) is 11.1 Å². The van der Waals surface area contributed by atoms with Gasteiger partial charge in [0.2, 0.25) is 5.91 Å². The van der Waals surface area contributed by atoms with Gasteiger partial charge in [-0.3, -0.25) is 4.79 Å². The van der Waals surface area contributed by atoms with Gasteiger partial charge in [-0.15, -0.1) is 0 Å². The molecule has 2 heterocycles. The molecule has 48 heavy (non-hydrogen) atoms. The molecule has 2 fully saturated rings. The van der Waals surface area contributed by atoms with E-state index in [0.717, 1.165) is 27.8 Å². The number of esters is 2. The lowest BCUT2D eigenvalue weighted by atomic mass is 9.98. The smallest absolute Gasteiger partial charge is 0.407 e. The third-order valence-corrected chi connectivity index (χ3v) is 8.59. The third-order valence-electron chi connectivity index (χ3n) is 8.59. The van der Waals surface area contributed by atoms with Crippen molar-refractivity contribution in [2.24, 2.45) is 0 Å². The van der Waals surface area contributed by atoms with Crippen LogP contribution in [0.3, 0.4) is 0 Å². The Bertz CT molecular complexity index is 1620. The predicted octanol–water partition coefficient (Wildman–Crippen LogP) is 3.95. The number of ether oxygens (including phenoxy) is 6. The molecule has 3 aromatic carbocycles. The number of methoxy groups -OCH3 is 1. The zero-order valence-corrected chi connectivity index (χ0v) is 26.9. The molecule has 3 aromatic rings. The number of hydrogen-bond acceptors (Lipinski definition) is 10. The summed E-state index contributed by atoms with van der Waals surface area (Å²) in [6, 6.07) is 23.8. The van der Waals surface area contributed by atoms with Crippen LogP contribution in [-0.2, 0) is 49.4 Å². The lowest BCUT2D eigenvalue weighted by Crippen LogP contribution is -2.46. The highest BCUT2D eigenvalue weighted by Gasteiger charge is 2.58. The molecule has 1 aliphatic carbocycles. The van der Waals surface area contributed by atoms with Crippen molar-refractivity contribution in [1.29, 1.82) is 0 Å². The summed E-state index contributed by atoms with van der Waals surface area (Å²) in [6.07, 6.45) is -4.77. The van der Waals surface area contributed by atoms with Crippen molar-refractivity contribution >= 4 is 23.9 Å². The van der Waals surface area contributed by atoms with Gasteiger partial charge in [0.25, 0.3) is 0 Å². The van der Waals surface area contributed by atoms with Crippen LogP contribution in [0.1, 0.15) is 49.3 Å². The molecule has 2 aliphatic heterocycles.